The molecule has 5 nitrogen and oxygen atoms in total. The molecule has 0 saturated carbocycles. The van der Waals surface area contributed by atoms with Gasteiger partial charge in [-0.05, 0) is 20.3 Å². The molecule has 0 spiro atoms. The molecule has 2 heterocycles. The number of aromatic nitrogens is 4. The predicted molar refractivity (Wildman–Crippen MR) is 77.9 cm³/mol. The summed E-state index contributed by atoms with van der Waals surface area (Å²) in [5, 5.41) is 7.08. The fourth-order valence-corrected chi connectivity index (χ4v) is 2.39. The molecule has 1 N–H and O–H groups in total. The molecule has 0 saturated heterocycles. The van der Waals surface area contributed by atoms with Crippen LogP contribution < -0.4 is 5.56 Å². The molecule has 0 radical (unpaired) electrons. The Balaban J connectivity index is 2.33. The quantitative estimate of drug-likeness (QED) is 0.775. The van der Waals surface area contributed by atoms with Crippen molar-refractivity contribution >= 4 is 5.78 Å². The maximum absolute atomic E-state index is 12.6. The Kier molecular flexibility index (Phi) is 2.89. The van der Waals surface area contributed by atoms with Gasteiger partial charge in [0.05, 0.1) is 5.69 Å². The minimum atomic E-state index is -0.0423. The third-order valence-corrected chi connectivity index (χ3v) is 3.52. The molecule has 0 fully saturated rings. The number of aryl methyl sites for hydroxylation is 2. The van der Waals surface area contributed by atoms with Crippen LogP contribution in [0.5, 0.6) is 0 Å². The monoisotopic (exact) mass is 268 g/mol. The number of rotatable bonds is 2. The van der Waals surface area contributed by atoms with E-state index in [4.69, 9.17) is 0 Å². The first-order valence-electron chi connectivity index (χ1n) is 6.65. The minimum absolute atomic E-state index is 0.0423. The first-order valence-corrected chi connectivity index (χ1v) is 6.65. The fourth-order valence-electron chi connectivity index (χ4n) is 2.39. The average Bonchev–Trinajstić information content (AvgIpc) is 2.84. The third kappa shape index (κ3) is 1.82. The standard InChI is InChI=1S/C15H16N4O/c1-4-12-10(3)16-15-18-17-13(19(15)14(12)20)11-7-5-9(2)6-8-11/h5-8H,4H2,1-3H3,(H,16,18). The summed E-state index contributed by atoms with van der Waals surface area (Å²) >= 11 is 0. The van der Waals surface area contributed by atoms with Gasteiger partial charge >= 0.3 is 0 Å². The number of fused-ring (bicyclic) bond motifs is 1. The second kappa shape index (κ2) is 4.59. The Morgan fingerprint density at radius 3 is 2.55 bits per heavy atom. The van der Waals surface area contributed by atoms with Gasteiger partial charge in [-0.25, -0.2) is 14.5 Å². The lowest BCUT2D eigenvalue weighted by Crippen LogP contribution is -2.21. The van der Waals surface area contributed by atoms with Crippen LogP contribution in [-0.2, 0) is 6.42 Å². The Labute approximate surface area is 116 Å². The Morgan fingerprint density at radius 2 is 1.90 bits per heavy atom. The smallest absolute Gasteiger partial charge is 0.264 e. The molecule has 3 aromatic rings. The number of hydrogen-bond donors (Lipinski definition) is 1. The molecule has 3 rings (SSSR count). The summed E-state index contributed by atoms with van der Waals surface area (Å²) in [6.45, 7) is 5.84. The number of nitrogens with zero attached hydrogens (tertiary/aromatic N) is 3. The van der Waals surface area contributed by atoms with Gasteiger partial charge in [0.15, 0.2) is 5.82 Å². The van der Waals surface area contributed by atoms with Crippen molar-refractivity contribution in [3.8, 4) is 11.4 Å². The van der Waals surface area contributed by atoms with Gasteiger partial charge in [-0.1, -0.05) is 36.8 Å². The molecule has 1 aromatic carbocycles. The van der Waals surface area contributed by atoms with Crippen molar-refractivity contribution < 1.29 is 0 Å². The predicted octanol–water partition coefficient (Wildman–Crippen LogP) is 2.26. The zero-order valence-corrected chi connectivity index (χ0v) is 11.8. The maximum atomic E-state index is 12.6. The Hall–Kier alpha value is -2.43. The van der Waals surface area contributed by atoms with Gasteiger partial charge in [-0.15, -0.1) is 0 Å². The Morgan fingerprint density at radius 1 is 1.20 bits per heavy atom. The van der Waals surface area contributed by atoms with Crippen molar-refractivity contribution in [2.75, 3.05) is 0 Å². The zero-order valence-electron chi connectivity index (χ0n) is 11.8. The van der Waals surface area contributed by atoms with Crippen LogP contribution in [0.15, 0.2) is 29.1 Å². The SMILES string of the molecule is CCc1c(C)nc2[nH]nc(-c3ccc(C)cc3)n2c1=O. The summed E-state index contributed by atoms with van der Waals surface area (Å²) in [6.07, 6.45) is 0.666. The lowest BCUT2D eigenvalue weighted by Gasteiger charge is -2.04. The molecule has 102 valence electrons. The van der Waals surface area contributed by atoms with E-state index in [0.29, 0.717) is 18.0 Å². The number of hydrogen-bond acceptors (Lipinski definition) is 3. The topological polar surface area (TPSA) is 63.1 Å². The summed E-state index contributed by atoms with van der Waals surface area (Å²) in [5.74, 6) is 1.09. The molecule has 0 atom stereocenters. The first kappa shape index (κ1) is 12.6. The van der Waals surface area contributed by atoms with Gasteiger partial charge in [-0.3, -0.25) is 4.79 Å². The highest BCUT2D eigenvalue weighted by Crippen LogP contribution is 2.17. The van der Waals surface area contributed by atoms with Crippen LogP contribution in [0.2, 0.25) is 0 Å². The van der Waals surface area contributed by atoms with E-state index in [-0.39, 0.29) is 5.56 Å². The minimum Gasteiger partial charge on any atom is -0.268 e. The Bertz CT molecular complexity index is 827. The molecule has 0 aliphatic heterocycles. The molecule has 0 unspecified atom stereocenters. The second-order valence-electron chi connectivity index (χ2n) is 4.91. The van der Waals surface area contributed by atoms with Gasteiger partial charge in [0.1, 0.15) is 0 Å². The molecule has 0 amide bonds. The van der Waals surface area contributed by atoms with Crippen molar-refractivity contribution in [1.82, 2.24) is 19.6 Å². The maximum Gasteiger partial charge on any atom is 0.264 e. The molecule has 0 aliphatic carbocycles. The van der Waals surface area contributed by atoms with Crippen LogP contribution in [0.3, 0.4) is 0 Å². The van der Waals surface area contributed by atoms with E-state index in [2.05, 4.69) is 15.2 Å². The van der Waals surface area contributed by atoms with Crippen LogP contribution >= 0.6 is 0 Å². The highest BCUT2D eigenvalue weighted by Gasteiger charge is 2.14. The van der Waals surface area contributed by atoms with Crippen molar-refractivity contribution in [2.45, 2.75) is 27.2 Å². The number of nitrogens with one attached hydrogen (secondary N) is 1. The molecular formula is C15H16N4O. The molecular weight excluding hydrogens is 252 g/mol. The van der Waals surface area contributed by atoms with Crippen molar-refractivity contribution in [3.63, 3.8) is 0 Å². The van der Waals surface area contributed by atoms with Crippen LogP contribution in [0, 0.1) is 13.8 Å². The fraction of sp³-hybridized carbons (Fsp3) is 0.267. The van der Waals surface area contributed by atoms with E-state index in [1.165, 1.54) is 5.56 Å². The van der Waals surface area contributed by atoms with Crippen molar-refractivity contribution in [2.24, 2.45) is 0 Å². The highest BCUT2D eigenvalue weighted by atomic mass is 16.1. The summed E-state index contributed by atoms with van der Waals surface area (Å²) in [5.41, 5.74) is 3.52. The number of aromatic amines is 1. The lowest BCUT2D eigenvalue weighted by atomic mass is 10.1. The van der Waals surface area contributed by atoms with Crippen molar-refractivity contribution in [1.29, 1.82) is 0 Å². The van der Waals surface area contributed by atoms with E-state index in [1.54, 1.807) is 4.40 Å². The van der Waals surface area contributed by atoms with Gasteiger partial charge in [0, 0.05) is 11.1 Å². The van der Waals surface area contributed by atoms with Gasteiger partial charge in [-0.2, -0.15) is 5.10 Å². The summed E-state index contributed by atoms with van der Waals surface area (Å²) < 4.78 is 1.55. The number of benzene rings is 1. The van der Waals surface area contributed by atoms with E-state index in [9.17, 15) is 4.79 Å². The van der Waals surface area contributed by atoms with E-state index in [1.807, 2.05) is 45.0 Å². The van der Waals surface area contributed by atoms with E-state index in [0.717, 1.165) is 16.8 Å². The zero-order chi connectivity index (χ0) is 14.3. The van der Waals surface area contributed by atoms with Crippen LogP contribution in [0.4, 0.5) is 0 Å². The average molecular weight is 268 g/mol. The van der Waals surface area contributed by atoms with Crippen LogP contribution in [0.25, 0.3) is 17.2 Å². The first-order chi connectivity index (χ1) is 9.61. The summed E-state index contributed by atoms with van der Waals surface area (Å²) in [6, 6.07) is 7.93. The summed E-state index contributed by atoms with van der Waals surface area (Å²) in [7, 11) is 0. The van der Waals surface area contributed by atoms with Gasteiger partial charge < -0.3 is 0 Å². The molecule has 20 heavy (non-hydrogen) atoms. The molecule has 0 bridgehead atoms. The van der Waals surface area contributed by atoms with E-state index >= 15 is 0 Å². The second-order valence-corrected chi connectivity index (χ2v) is 4.91. The van der Waals surface area contributed by atoms with Gasteiger partial charge in [0.25, 0.3) is 5.56 Å². The lowest BCUT2D eigenvalue weighted by molar-refractivity contribution is 0.942. The normalized spacial score (nSPS) is 11.2. The molecule has 2 aromatic heterocycles. The highest BCUT2D eigenvalue weighted by molar-refractivity contribution is 5.58. The molecule has 0 aliphatic rings. The van der Waals surface area contributed by atoms with E-state index < -0.39 is 0 Å². The molecule has 5 heteroatoms. The van der Waals surface area contributed by atoms with Crippen LogP contribution in [-0.4, -0.2) is 19.6 Å². The summed E-state index contributed by atoms with van der Waals surface area (Å²) in [4.78, 5) is 17.0. The third-order valence-electron chi connectivity index (χ3n) is 3.52. The number of H-pyrrole nitrogens is 1. The van der Waals surface area contributed by atoms with Crippen LogP contribution in [0.1, 0.15) is 23.7 Å². The van der Waals surface area contributed by atoms with Crippen molar-refractivity contribution in [3.05, 3.63) is 51.4 Å². The van der Waals surface area contributed by atoms with Gasteiger partial charge in [0.2, 0.25) is 5.78 Å². The largest absolute Gasteiger partial charge is 0.268 e.